The summed E-state index contributed by atoms with van der Waals surface area (Å²) in [6, 6.07) is 3.91. The summed E-state index contributed by atoms with van der Waals surface area (Å²) < 4.78 is 0. The zero-order valence-corrected chi connectivity index (χ0v) is 10.5. The zero-order valence-electron chi connectivity index (χ0n) is 10.5. The molecule has 1 aromatic rings. The number of aromatic nitrogens is 1. The molecule has 1 fully saturated rings. The van der Waals surface area contributed by atoms with E-state index in [1.54, 1.807) is 6.20 Å². The summed E-state index contributed by atoms with van der Waals surface area (Å²) in [5.74, 6) is 1.49. The molecule has 2 atom stereocenters. The van der Waals surface area contributed by atoms with E-state index in [0.29, 0.717) is 11.6 Å². The Hall–Kier alpha value is -1.58. The molecule has 0 bridgehead atoms. The van der Waals surface area contributed by atoms with Crippen LogP contribution in [0.1, 0.15) is 26.0 Å². The van der Waals surface area contributed by atoms with Gasteiger partial charge in [-0.1, -0.05) is 13.8 Å². The summed E-state index contributed by atoms with van der Waals surface area (Å²) in [4.78, 5) is 6.51. The highest BCUT2D eigenvalue weighted by atomic mass is 15.2. The van der Waals surface area contributed by atoms with Gasteiger partial charge in [0, 0.05) is 19.3 Å². The Morgan fingerprint density at radius 3 is 2.88 bits per heavy atom. The maximum absolute atomic E-state index is 7.57. The number of piperidine rings is 1. The average molecular weight is 232 g/mol. The highest BCUT2D eigenvalue weighted by Gasteiger charge is 2.24. The Kier molecular flexibility index (Phi) is 3.31. The van der Waals surface area contributed by atoms with Gasteiger partial charge in [-0.05, 0) is 30.4 Å². The lowest BCUT2D eigenvalue weighted by Crippen LogP contribution is -2.39. The molecule has 4 heteroatoms. The van der Waals surface area contributed by atoms with Crippen molar-refractivity contribution in [2.75, 3.05) is 18.0 Å². The van der Waals surface area contributed by atoms with Gasteiger partial charge in [0.25, 0.3) is 0 Å². The van der Waals surface area contributed by atoms with E-state index in [4.69, 9.17) is 11.1 Å². The van der Waals surface area contributed by atoms with Gasteiger partial charge in [0.2, 0.25) is 0 Å². The van der Waals surface area contributed by atoms with Crippen molar-refractivity contribution in [1.29, 1.82) is 5.41 Å². The van der Waals surface area contributed by atoms with Crippen LogP contribution in [0.2, 0.25) is 0 Å². The number of pyridine rings is 1. The van der Waals surface area contributed by atoms with Crippen LogP contribution in [0.5, 0.6) is 0 Å². The first kappa shape index (κ1) is 11.9. The summed E-state index contributed by atoms with van der Waals surface area (Å²) in [6.45, 7) is 6.63. The molecule has 3 N–H and O–H groups in total. The standard InChI is InChI=1S/C13H20N4/c1-9-5-7-17(8-10(9)2)11-4-3-6-16-12(11)13(14)15/h3-4,6,9-10H,5,7-8H2,1-2H3,(H3,14,15). The molecule has 4 nitrogen and oxygen atoms in total. The minimum absolute atomic E-state index is 0.0480. The van der Waals surface area contributed by atoms with Crippen LogP contribution in [0, 0.1) is 17.2 Å². The molecule has 0 aromatic carbocycles. The van der Waals surface area contributed by atoms with E-state index in [1.165, 1.54) is 6.42 Å². The lowest BCUT2D eigenvalue weighted by molar-refractivity contribution is 0.324. The molecule has 0 radical (unpaired) electrons. The predicted octanol–water partition coefficient (Wildman–Crippen LogP) is 1.85. The van der Waals surface area contributed by atoms with Crippen LogP contribution in [-0.2, 0) is 0 Å². The van der Waals surface area contributed by atoms with Gasteiger partial charge in [-0.2, -0.15) is 0 Å². The molecule has 0 aliphatic carbocycles. The fourth-order valence-corrected chi connectivity index (χ4v) is 2.34. The second-order valence-electron chi connectivity index (χ2n) is 4.97. The molecule has 1 aliphatic rings. The first-order valence-corrected chi connectivity index (χ1v) is 6.14. The summed E-state index contributed by atoms with van der Waals surface area (Å²) in [5.41, 5.74) is 7.18. The van der Waals surface area contributed by atoms with Gasteiger partial charge >= 0.3 is 0 Å². The monoisotopic (exact) mass is 232 g/mol. The third-order valence-electron chi connectivity index (χ3n) is 3.72. The van der Waals surface area contributed by atoms with Gasteiger partial charge in [0.15, 0.2) is 0 Å². The number of anilines is 1. The Morgan fingerprint density at radius 1 is 1.47 bits per heavy atom. The molecule has 1 aliphatic heterocycles. The molecule has 1 saturated heterocycles. The second kappa shape index (κ2) is 4.73. The van der Waals surface area contributed by atoms with Gasteiger partial charge in [0.1, 0.15) is 11.5 Å². The number of nitrogens with two attached hydrogens (primary N) is 1. The highest BCUT2D eigenvalue weighted by molar-refractivity contribution is 5.98. The summed E-state index contributed by atoms with van der Waals surface area (Å²) in [7, 11) is 0. The number of hydrogen-bond donors (Lipinski definition) is 2. The molecular formula is C13H20N4. The van der Waals surface area contributed by atoms with Crippen LogP contribution in [0.15, 0.2) is 18.3 Å². The average Bonchev–Trinajstić information content (AvgIpc) is 2.32. The second-order valence-corrected chi connectivity index (χ2v) is 4.97. The maximum atomic E-state index is 7.57. The third kappa shape index (κ3) is 2.40. The minimum atomic E-state index is 0.0480. The van der Waals surface area contributed by atoms with Crippen molar-refractivity contribution in [3.8, 4) is 0 Å². The number of rotatable bonds is 2. The smallest absolute Gasteiger partial charge is 0.143 e. The molecule has 2 rings (SSSR count). The van der Waals surface area contributed by atoms with Crippen molar-refractivity contribution >= 4 is 11.5 Å². The Balaban J connectivity index is 2.25. The predicted molar refractivity (Wildman–Crippen MR) is 70.4 cm³/mol. The van der Waals surface area contributed by atoms with Crippen LogP contribution in [0.25, 0.3) is 0 Å². The zero-order chi connectivity index (χ0) is 12.4. The van der Waals surface area contributed by atoms with E-state index in [0.717, 1.165) is 24.7 Å². The van der Waals surface area contributed by atoms with Gasteiger partial charge in [-0.15, -0.1) is 0 Å². The molecule has 0 spiro atoms. The number of nitrogen functional groups attached to an aromatic ring is 1. The molecule has 0 amide bonds. The van der Waals surface area contributed by atoms with Crippen LogP contribution in [-0.4, -0.2) is 23.9 Å². The largest absolute Gasteiger partial charge is 0.382 e. The molecule has 17 heavy (non-hydrogen) atoms. The van der Waals surface area contributed by atoms with E-state index in [9.17, 15) is 0 Å². The Bertz CT molecular complexity index is 416. The molecule has 2 heterocycles. The molecule has 92 valence electrons. The molecule has 0 saturated carbocycles. The highest BCUT2D eigenvalue weighted by Crippen LogP contribution is 2.28. The minimum Gasteiger partial charge on any atom is -0.382 e. The first-order valence-electron chi connectivity index (χ1n) is 6.14. The van der Waals surface area contributed by atoms with Crippen molar-refractivity contribution in [1.82, 2.24) is 4.98 Å². The summed E-state index contributed by atoms with van der Waals surface area (Å²) in [5, 5.41) is 7.57. The molecule has 1 aromatic heterocycles. The quantitative estimate of drug-likeness (QED) is 0.604. The van der Waals surface area contributed by atoms with E-state index in [1.807, 2.05) is 12.1 Å². The maximum Gasteiger partial charge on any atom is 0.143 e. The van der Waals surface area contributed by atoms with Crippen LogP contribution in [0.4, 0.5) is 5.69 Å². The van der Waals surface area contributed by atoms with Crippen molar-refractivity contribution < 1.29 is 0 Å². The Labute approximate surface area is 102 Å². The van der Waals surface area contributed by atoms with Crippen molar-refractivity contribution in [3.05, 3.63) is 24.0 Å². The van der Waals surface area contributed by atoms with Gasteiger partial charge in [-0.25, -0.2) is 0 Å². The van der Waals surface area contributed by atoms with Gasteiger partial charge < -0.3 is 10.6 Å². The molecular weight excluding hydrogens is 212 g/mol. The molecule has 2 unspecified atom stereocenters. The van der Waals surface area contributed by atoms with E-state index >= 15 is 0 Å². The lowest BCUT2D eigenvalue weighted by Gasteiger charge is -2.37. The van der Waals surface area contributed by atoms with E-state index in [2.05, 4.69) is 23.7 Å². The first-order chi connectivity index (χ1) is 8.09. The fraction of sp³-hybridized carbons (Fsp3) is 0.538. The van der Waals surface area contributed by atoms with Gasteiger partial charge in [-0.3, -0.25) is 10.4 Å². The van der Waals surface area contributed by atoms with E-state index in [-0.39, 0.29) is 5.84 Å². The normalized spacial score (nSPS) is 24.7. The number of nitrogens with one attached hydrogen (secondary N) is 1. The summed E-state index contributed by atoms with van der Waals surface area (Å²) in [6.07, 6.45) is 2.88. The SMILES string of the molecule is CC1CCN(c2cccnc2C(=N)N)CC1C. The van der Waals surface area contributed by atoms with Crippen LogP contribution in [0.3, 0.4) is 0 Å². The summed E-state index contributed by atoms with van der Waals surface area (Å²) >= 11 is 0. The fourth-order valence-electron chi connectivity index (χ4n) is 2.34. The topological polar surface area (TPSA) is 66.0 Å². The third-order valence-corrected chi connectivity index (χ3v) is 3.72. The van der Waals surface area contributed by atoms with Crippen molar-refractivity contribution in [2.24, 2.45) is 17.6 Å². The van der Waals surface area contributed by atoms with Crippen LogP contribution >= 0.6 is 0 Å². The number of amidine groups is 1. The lowest BCUT2D eigenvalue weighted by atomic mass is 9.88. The van der Waals surface area contributed by atoms with Crippen molar-refractivity contribution in [2.45, 2.75) is 20.3 Å². The number of nitrogens with zero attached hydrogens (tertiary/aromatic N) is 2. The number of hydrogen-bond acceptors (Lipinski definition) is 3. The van der Waals surface area contributed by atoms with Crippen molar-refractivity contribution in [3.63, 3.8) is 0 Å². The van der Waals surface area contributed by atoms with Crippen LogP contribution < -0.4 is 10.6 Å². The van der Waals surface area contributed by atoms with Gasteiger partial charge in [0.05, 0.1) is 5.69 Å². The van der Waals surface area contributed by atoms with E-state index < -0.39 is 0 Å². The Morgan fingerprint density at radius 2 is 2.24 bits per heavy atom.